The number of hydrogen-bond donors (Lipinski definition) is 2. The zero-order valence-electron chi connectivity index (χ0n) is 13.0. The van der Waals surface area contributed by atoms with Crippen LogP contribution in [-0.4, -0.2) is 36.1 Å². The summed E-state index contributed by atoms with van der Waals surface area (Å²) in [4.78, 5) is 6.32. The molecule has 0 bridgehead atoms. The van der Waals surface area contributed by atoms with E-state index in [-0.39, 0.29) is 0 Å². The van der Waals surface area contributed by atoms with Crippen molar-refractivity contribution < 1.29 is 0 Å². The third-order valence-electron chi connectivity index (χ3n) is 5.20. The lowest BCUT2D eigenvalue weighted by molar-refractivity contribution is 0.215. The first-order valence-electron chi connectivity index (χ1n) is 8.57. The van der Waals surface area contributed by atoms with Crippen molar-refractivity contribution in [3.8, 4) is 0 Å². The number of nitrogens with zero attached hydrogens (tertiary/aromatic N) is 1. The molecular formula is C18H24BrN3. The van der Waals surface area contributed by atoms with Gasteiger partial charge in [0.05, 0.1) is 0 Å². The summed E-state index contributed by atoms with van der Waals surface area (Å²) in [7, 11) is 0. The highest BCUT2D eigenvalue weighted by molar-refractivity contribution is 9.10. The fourth-order valence-corrected chi connectivity index (χ4v) is 4.39. The summed E-state index contributed by atoms with van der Waals surface area (Å²) >= 11 is 3.58. The fourth-order valence-electron chi connectivity index (χ4n) is 4.03. The van der Waals surface area contributed by atoms with E-state index < -0.39 is 0 Å². The molecule has 4 rings (SSSR count). The Morgan fingerprint density at radius 1 is 1.18 bits per heavy atom. The average molecular weight is 362 g/mol. The molecule has 0 radical (unpaired) electrons. The van der Waals surface area contributed by atoms with Crippen molar-refractivity contribution in [3.05, 3.63) is 33.9 Å². The SMILES string of the molecule is Brc1ccc2c3c([nH]c2c1)[C@H](CCN1CCCCC1)NCC3. The van der Waals surface area contributed by atoms with Gasteiger partial charge in [0.1, 0.15) is 0 Å². The minimum Gasteiger partial charge on any atom is -0.357 e. The van der Waals surface area contributed by atoms with Crippen LogP contribution in [0, 0.1) is 0 Å². The molecule has 118 valence electrons. The van der Waals surface area contributed by atoms with Crippen molar-refractivity contribution in [1.82, 2.24) is 15.2 Å². The molecule has 0 saturated carbocycles. The fraction of sp³-hybridized carbons (Fsp3) is 0.556. The lowest BCUT2D eigenvalue weighted by atomic mass is 9.97. The third-order valence-corrected chi connectivity index (χ3v) is 5.69. The molecule has 0 aliphatic carbocycles. The molecule has 3 nitrogen and oxygen atoms in total. The van der Waals surface area contributed by atoms with Crippen molar-refractivity contribution >= 4 is 26.8 Å². The molecule has 4 heteroatoms. The Morgan fingerprint density at radius 2 is 2.05 bits per heavy atom. The Morgan fingerprint density at radius 3 is 2.91 bits per heavy atom. The smallest absolute Gasteiger partial charge is 0.0488 e. The highest BCUT2D eigenvalue weighted by Crippen LogP contribution is 2.33. The van der Waals surface area contributed by atoms with E-state index in [4.69, 9.17) is 0 Å². The van der Waals surface area contributed by atoms with Crippen LogP contribution in [0.4, 0.5) is 0 Å². The van der Waals surface area contributed by atoms with Gasteiger partial charge in [-0.25, -0.2) is 0 Å². The summed E-state index contributed by atoms with van der Waals surface area (Å²) in [6.45, 7) is 4.90. The number of hydrogen-bond acceptors (Lipinski definition) is 2. The van der Waals surface area contributed by atoms with Gasteiger partial charge in [-0.05, 0) is 69.6 Å². The first kappa shape index (κ1) is 14.7. The van der Waals surface area contributed by atoms with Gasteiger partial charge in [-0.1, -0.05) is 28.4 Å². The maximum absolute atomic E-state index is 3.72. The van der Waals surface area contributed by atoms with Crippen molar-refractivity contribution in [2.45, 2.75) is 38.1 Å². The van der Waals surface area contributed by atoms with Crippen LogP contribution >= 0.6 is 15.9 Å². The number of piperidine rings is 1. The molecule has 1 aromatic heterocycles. The Balaban J connectivity index is 1.54. The molecule has 1 saturated heterocycles. The zero-order valence-corrected chi connectivity index (χ0v) is 14.6. The first-order chi connectivity index (χ1) is 10.8. The summed E-state index contributed by atoms with van der Waals surface area (Å²) in [6.07, 6.45) is 6.52. The second-order valence-corrected chi connectivity index (χ2v) is 7.57. The van der Waals surface area contributed by atoms with Gasteiger partial charge in [0.15, 0.2) is 0 Å². The Hall–Kier alpha value is -0.840. The molecule has 2 aliphatic rings. The normalized spacial score (nSPS) is 22.9. The van der Waals surface area contributed by atoms with E-state index in [9.17, 15) is 0 Å². The highest BCUT2D eigenvalue weighted by Gasteiger charge is 2.24. The maximum Gasteiger partial charge on any atom is 0.0488 e. The van der Waals surface area contributed by atoms with E-state index in [0.717, 1.165) is 17.4 Å². The van der Waals surface area contributed by atoms with Crippen LogP contribution in [-0.2, 0) is 6.42 Å². The molecule has 3 heterocycles. The van der Waals surface area contributed by atoms with Gasteiger partial charge in [0.2, 0.25) is 0 Å². The summed E-state index contributed by atoms with van der Waals surface area (Å²) in [5, 5.41) is 5.13. The molecule has 1 atom stereocenters. The van der Waals surface area contributed by atoms with Crippen molar-refractivity contribution in [1.29, 1.82) is 0 Å². The molecule has 2 aliphatic heterocycles. The van der Waals surface area contributed by atoms with Crippen molar-refractivity contribution in [3.63, 3.8) is 0 Å². The number of benzene rings is 1. The lowest BCUT2D eigenvalue weighted by Crippen LogP contribution is -2.35. The van der Waals surface area contributed by atoms with Gasteiger partial charge in [0, 0.05) is 27.1 Å². The number of aromatic nitrogens is 1. The van der Waals surface area contributed by atoms with Crippen LogP contribution < -0.4 is 5.32 Å². The number of H-pyrrole nitrogens is 1. The summed E-state index contributed by atoms with van der Waals surface area (Å²) in [6, 6.07) is 7.09. The minimum atomic E-state index is 0.483. The molecule has 22 heavy (non-hydrogen) atoms. The van der Waals surface area contributed by atoms with Gasteiger partial charge in [-0.3, -0.25) is 0 Å². The predicted molar refractivity (Wildman–Crippen MR) is 95.4 cm³/mol. The Bertz CT molecular complexity index is 658. The second kappa shape index (κ2) is 6.34. The van der Waals surface area contributed by atoms with Crippen LogP contribution in [0.25, 0.3) is 10.9 Å². The summed E-state index contributed by atoms with van der Waals surface area (Å²) in [5.74, 6) is 0. The molecule has 1 fully saturated rings. The topological polar surface area (TPSA) is 31.1 Å². The predicted octanol–water partition coefficient (Wildman–Crippen LogP) is 3.99. The van der Waals surface area contributed by atoms with Crippen LogP contribution in [0.1, 0.15) is 43.0 Å². The monoisotopic (exact) mass is 361 g/mol. The largest absolute Gasteiger partial charge is 0.357 e. The Kier molecular flexibility index (Phi) is 4.25. The van der Waals surface area contributed by atoms with E-state index in [0.29, 0.717) is 6.04 Å². The van der Waals surface area contributed by atoms with Gasteiger partial charge in [-0.2, -0.15) is 0 Å². The van der Waals surface area contributed by atoms with Gasteiger partial charge < -0.3 is 15.2 Å². The van der Waals surface area contributed by atoms with Gasteiger partial charge in [0.25, 0.3) is 0 Å². The lowest BCUT2D eigenvalue weighted by Gasteiger charge is -2.30. The quantitative estimate of drug-likeness (QED) is 0.865. The van der Waals surface area contributed by atoms with Crippen molar-refractivity contribution in [2.24, 2.45) is 0 Å². The summed E-state index contributed by atoms with van der Waals surface area (Å²) < 4.78 is 1.15. The third kappa shape index (κ3) is 2.84. The molecule has 2 N–H and O–H groups in total. The van der Waals surface area contributed by atoms with Crippen LogP contribution in [0.15, 0.2) is 22.7 Å². The highest BCUT2D eigenvalue weighted by atomic mass is 79.9. The number of nitrogens with one attached hydrogen (secondary N) is 2. The first-order valence-corrected chi connectivity index (χ1v) is 9.36. The average Bonchev–Trinajstić information content (AvgIpc) is 2.92. The van der Waals surface area contributed by atoms with Crippen molar-refractivity contribution in [2.75, 3.05) is 26.2 Å². The molecular weight excluding hydrogens is 338 g/mol. The van der Waals surface area contributed by atoms with E-state index in [2.05, 4.69) is 49.3 Å². The van der Waals surface area contributed by atoms with E-state index in [1.165, 1.54) is 67.5 Å². The number of likely N-dealkylation sites (tertiary alicyclic amines) is 1. The van der Waals surface area contributed by atoms with Gasteiger partial charge >= 0.3 is 0 Å². The minimum absolute atomic E-state index is 0.483. The number of aromatic amines is 1. The summed E-state index contributed by atoms with van der Waals surface area (Å²) in [5.41, 5.74) is 4.23. The van der Waals surface area contributed by atoms with Crippen LogP contribution in [0.5, 0.6) is 0 Å². The second-order valence-electron chi connectivity index (χ2n) is 6.65. The zero-order chi connectivity index (χ0) is 14.9. The number of fused-ring (bicyclic) bond motifs is 3. The van der Waals surface area contributed by atoms with Crippen LogP contribution in [0.3, 0.4) is 0 Å². The van der Waals surface area contributed by atoms with E-state index >= 15 is 0 Å². The van der Waals surface area contributed by atoms with E-state index in [1.807, 2.05) is 0 Å². The molecule has 0 unspecified atom stereocenters. The molecule has 0 amide bonds. The number of rotatable bonds is 3. The number of halogens is 1. The molecule has 2 aromatic rings. The maximum atomic E-state index is 3.72. The standard InChI is InChI=1S/C18H24BrN3/c19-13-4-5-14-15-6-8-20-16(18(15)21-17(14)12-13)7-11-22-9-2-1-3-10-22/h4-5,12,16,20-21H,1-3,6-11H2/t16-/m0/s1. The Labute approximate surface area is 140 Å². The molecule has 1 aromatic carbocycles. The van der Waals surface area contributed by atoms with E-state index in [1.54, 1.807) is 0 Å². The van der Waals surface area contributed by atoms with Crippen LogP contribution in [0.2, 0.25) is 0 Å². The molecule has 0 spiro atoms. The van der Waals surface area contributed by atoms with Gasteiger partial charge in [-0.15, -0.1) is 0 Å².